The maximum Gasteiger partial charge on any atom is 0.387 e. The first-order valence-electron chi connectivity index (χ1n) is 5.96. The highest BCUT2D eigenvalue weighted by Gasteiger charge is 2.05. The second-order valence-electron chi connectivity index (χ2n) is 4.03. The van der Waals surface area contributed by atoms with E-state index in [-0.39, 0.29) is 5.75 Å². The van der Waals surface area contributed by atoms with Crippen LogP contribution in [0.4, 0.5) is 14.5 Å². The lowest BCUT2D eigenvalue weighted by molar-refractivity contribution is -0.0498. The van der Waals surface area contributed by atoms with Crippen LogP contribution in [0.15, 0.2) is 48.5 Å². The van der Waals surface area contributed by atoms with Crippen LogP contribution >= 0.6 is 0 Å². The fraction of sp³-hybridized carbons (Fsp3) is 0.133. The Morgan fingerprint density at radius 1 is 1.15 bits per heavy atom. The molecule has 2 aromatic rings. The average Bonchev–Trinajstić information content (AvgIpc) is 2.45. The maximum atomic E-state index is 12.1. The monoisotopic (exact) mass is 274 g/mol. The first-order valence-corrected chi connectivity index (χ1v) is 5.96. The van der Waals surface area contributed by atoms with Gasteiger partial charge in [0.25, 0.3) is 0 Å². The van der Waals surface area contributed by atoms with Gasteiger partial charge >= 0.3 is 6.61 Å². The summed E-state index contributed by atoms with van der Waals surface area (Å²) < 4.78 is 28.6. The van der Waals surface area contributed by atoms with Crippen molar-refractivity contribution in [2.24, 2.45) is 0 Å². The van der Waals surface area contributed by atoms with E-state index in [2.05, 4.69) is 16.1 Å². The summed E-state index contributed by atoms with van der Waals surface area (Å²) in [6.07, 6.45) is 0. The predicted molar refractivity (Wildman–Crippen MR) is 71.6 cm³/mol. The van der Waals surface area contributed by atoms with E-state index in [1.165, 1.54) is 12.1 Å². The SMILES string of the molecule is N#Cc1ccccc1CNc1cccc(OC(F)F)c1. The molecule has 102 valence electrons. The molecule has 5 heteroatoms. The fourth-order valence-electron chi connectivity index (χ4n) is 1.76. The standard InChI is InChI=1S/C15H12F2N2O/c16-15(17)20-14-7-3-6-13(8-14)19-10-12-5-2-1-4-11(12)9-18/h1-8,15,19H,10H2. The third-order valence-corrected chi connectivity index (χ3v) is 2.68. The quantitative estimate of drug-likeness (QED) is 0.902. The molecular formula is C15H12F2N2O. The second kappa shape index (κ2) is 6.53. The zero-order valence-electron chi connectivity index (χ0n) is 10.5. The molecule has 2 rings (SSSR count). The molecule has 0 amide bonds. The molecule has 1 N–H and O–H groups in total. The van der Waals surface area contributed by atoms with Crippen LogP contribution < -0.4 is 10.1 Å². The number of benzene rings is 2. The van der Waals surface area contributed by atoms with Crippen molar-refractivity contribution in [2.45, 2.75) is 13.2 Å². The Morgan fingerprint density at radius 3 is 2.70 bits per heavy atom. The van der Waals surface area contributed by atoms with Crippen molar-refractivity contribution in [2.75, 3.05) is 5.32 Å². The lowest BCUT2D eigenvalue weighted by atomic mass is 10.1. The highest BCUT2D eigenvalue weighted by atomic mass is 19.3. The lowest BCUT2D eigenvalue weighted by Crippen LogP contribution is -2.04. The molecule has 0 unspecified atom stereocenters. The number of anilines is 1. The highest BCUT2D eigenvalue weighted by molar-refractivity contribution is 5.49. The van der Waals surface area contributed by atoms with Crippen LogP contribution in [0.5, 0.6) is 5.75 Å². The Balaban J connectivity index is 2.06. The minimum absolute atomic E-state index is 0.0959. The van der Waals surface area contributed by atoms with Gasteiger partial charge in [-0.3, -0.25) is 0 Å². The Morgan fingerprint density at radius 2 is 1.95 bits per heavy atom. The molecule has 0 aliphatic carbocycles. The number of halogens is 2. The molecule has 3 nitrogen and oxygen atoms in total. The molecule has 0 aromatic heterocycles. The van der Waals surface area contributed by atoms with E-state index >= 15 is 0 Å². The van der Waals surface area contributed by atoms with Crippen molar-refractivity contribution in [3.63, 3.8) is 0 Å². The van der Waals surface area contributed by atoms with Gasteiger partial charge in [-0.05, 0) is 23.8 Å². The molecule has 0 spiro atoms. The maximum absolute atomic E-state index is 12.1. The van der Waals surface area contributed by atoms with Crippen molar-refractivity contribution >= 4 is 5.69 Å². The molecule has 0 aliphatic heterocycles. The van der Waals surface area contributed by atoms with Gasteiger partial charge in [0.2, 0.25) is 0 Å². The van der Waals surface area contributed by atoms with Gasteiger partial charge in [0, 0.05) is 18.3 Å². The summed E-state index contributed by atoms with van der Waals surface area (Å²) in [6.45, 7) is -2.41. The molecule has 0 aliphatic rings. The van der Waals surface area contributed by atoms with Gasteiger partial charge in [-0.25, -0.2) is 0 Å². The van der Waals surface area contributed by atoms with Crippen LogP contribution in [0.1, 0.15) is 11.1 Å². The number of hydrogen-bond donors (Lipinski definition) is 1. The molecule has 0 bridgehead atoms. The Bertz CT molecular complexity index is 623. The van der Waals surface area contributed by atoms with Crippen LogP contribution in [0.2, 0.25) is 0 Å². The van der Waals surface area contributed by atoms with Crippen LogP contribution in [0.3, 0.4) is 0 Å². The molecule has 0 saturated carbocycles. The number of hydrogen-bond acceptors (Lipinski definition) is 3. The largest absolute Gasteiger partial charge is 0.435 e. The molecule has 0 heterocycles. The van der Waals surface area contributed by atoms with Crippen molar-refractivity contribution in [3.8, 4) is 11.8 Å². The fourth-order valence-corrected chi connectivity index (χ4v) is 1.76. The minimum Gasteiger partial charge on any atom is -0.435 e. The first-order chi connectivity index (χ1) is 9.69. The van der Waals surface area contributed by atoms with Crippen LogP contribution in [0, 0.1) is 11.3 Å². The Kier molecular flexibility index (Phi) is 4.51. The van der Waals surface area contributed by atoms with Gasteiger partial charge in [-0.1, -0.05) is 24.3 Å². The summed E-state index contributed by atoms with van der Waals surface area (Å²) in [5.41, 5.74) is 2.08. The zero-order chi connectivity index (χ0) is 14.4. The summed E-state index contributed by atoms with van der Waals surface area (Å²) in [4.78, 5) is 0. The summed E-state index contributed by atoms with van der Waals surface area (Å²) >= 11 is 0. The topological polar surface area (TPSA) is 45.0 Å². The van der Waals surface area contributed by atoms with Gasteiger partial charge in [-0.2, -0.15) is 14.0 Å². The number of ether oxygens (including phenoxy) is 1. The van der Waals surface area contributed by atoms with Gasteiger partial charge in [-0.15, -0.1) is 0 Å². The predicted octanol–water partition coefficient (Wildman–Crippen LogP) is 3.77. The third-order valence-electron chi connectivity index (χ3n) is 2.68. The van der Waals surface area contributed by atoms with E-state index in [1.807, 2.05) is 12.1 Å². The third kappa shape index (κ3) is 3.69. The van der Waals surface area contributed by atoms with Gasteiger partial charge < -0.3 is 10.1 Å². The minimum atomic E-state index is -2.84. The van der Waals surface area contributed by atoms with Gasteiger partial charge in [0.15, 0.2) is 0 Å². The second-order valence-corrected chi connectivity index (χ2v) is 4.03. The van der Waals surface area contributed by atoms with E-state index in [9.17, 15) is 8.78 Å². The summed E-state index contributed by atoms with van der Waals surface area (Å²) in [7, 11) is 0. The van der Waals surface area contributed by atoms with E-state index in [4.69, 9.17) is 5.26 Å². The van der Waals surface area contributed by atoms with Crippen molar-refractivity contribution < 1.29 is 13.5 Å². The lowest BCUT2D eigenvalue weighted by Gasteiger charge is -2.10. The normalized spacial score (nSPS) is 10.1. The van der Waals surface area contributed by atoms with Crippen molar-refractivity contribution in [1.29, 1.82) is 5.26 Å². The first kappa shape index (κ1) is 13.8. The zero-order valence-corrected chi connectivity index (χ0v) is 10.5. The molecular weight excluding hydrogens is 262 g/mol. The number of alkyl halides is 2. The Labute approximate surface area is 115 Å². The number of nitrogens with zero attached hydrogens (tertiary/aromatic N) is 1. The summed E-state index contributed by atoms with van der Waals surface area (Å²) in [5, 5.41) is 12.1. The smallest absolute Gasteiger partial charge is 0.387 e. The molecule has 0 atom stereocenters. The number of nitrogens with one attached hydrogen (secondary N) is 1. The van der Waals surface area contributed by atoms with Crippen LogP contribution in [-0.4, -0.2) is 6.61 Å². The highest BCUT2D eigenvalue weighted by Crippen LogP contribution is 2.20. The van der Waals surface area contributed by atoms with Crippen molar-refractivity contribution in [1.82, 2.24) is 0 Å². The average molecular weight is 274 g/mol. The van der Waals surface area contributed by atoms with Crippen LogP contribution in [-0.2, 0) is 6.54 Å². The van der Waals surface area contributed by atoms with Gasteiger partial charge in [0.1, 0.15) is 5.75 Å². The summed E-state index contributed by atoms with van der Waals surface area (Å²) in [5.74, 6) is 0.0959. The molecule has 0 fully saturated rings. The van der Waals surface area contributed by atoms with E-state index < -0.39 is 6.61 Å². The van der Waals surface area contributed by atoms with E-state index in [0.717, 1.165) is 5.56 Å². The van der Waals surface area contributed by atoms with E-state index in [1.54, 1.807) is 24.3 Å². The summed E-state index contributed by atoms with van der Waals surface area (Å²) in [6, 6.07) is 15.6. The van der Waals surface area contributed by atoms with Gasteiger partial charge in [0.05, 0.1) is 11.6 Å². The van der Waals surface area contributed by atoms with Crippen LogP contribution in [0.25, 0.3) is 0 Å². The number of nitriles is 1. The van der Waals surface area contributed by atoms with Crippen molar-refractivity contribution in [3.05, 3.63) is 59.7 Å². The Hall–Kier alpha value is -2.61. The van der Waals surface area contributed by atoms with E-state index in [0.29, 0.717) is 17.8 Å². The molecule has 20 heavy (non-hydrogen) atoms. The molecule has 0 radical (unpaired) electrons. The molecule has 0 saturated heterocycles. The molecule has 2 aromatic carbocycles. The number of rotatable bonds is 5.